The van der Waals surface area contributed by atoms with Crippen molar-refractivity contribution in [3.05, 3.63) is 29.5 Å². The molecule has 0 atom stereocenters. The van der Waals surface area contributed by atoms with Crippen molar-refractivity contribution in [3.63, 3.8) is 0 Å². The van der Waals surface area contributed by atoms with Gasteiger partial charge in [-0.25, -0.2) is 4.98 Å². The number of aliphatic hydroxyl groups excluding tert-OH is 1. The van der Waals surface area contributed by atoms with E-state index in [1.807, 2.05) is 19.1 Å². The Morgan fingerprint density at radius 2 is 2.38 bits per heavy atom. The van der Waals surface area contributed by atoms with E-state index in [1.54, 1.807) is 19.4 Å². The van der Waals surface area contributed by atoms with Crippen LogP contribution in [0.5, 0.6) is 5.88 Å². The van der Waals surface area contributed by atoms with E-state index in [-0.39, 0.29) is 6.61 Å². The average Bonchev–Trinajstić information content (AvgIpc) is 2.16. The molecule has 0 bridgehead atoms. The fourth-order valence-corrected chi connectivity index (χ4v) is 1.01. The largest absolute Gasteiger partial charge is 0.481 e. The smallest absolute Gasteiger partial charge is 0.213 e. The predicted octanol–water partition coefficient (Wildman–Crippen LogP) is 1.40. The third-order valence-electron chi connectivity index (χ3n) is 1.74. The summed E-state index contributed by atoms with van der Waals surface area (Å²) in [6, 6.07) is 1.86. The number of aromatic nitrogens is 1. The first kappa shape index (κ1) is 9.74. The van der Waals surface area contributed by atoms with Gasteiger partial charge in [0.1, 0.15) is 0 Å². The van der Waals surface area contributed by atoms with Crippen molar-refractivity contribution in [2.75, 3.05) is 13.7 Å². The second kappa shape index (κ2) is 4.62. The zero-order chi connectivity index (χ0) is 9.68. The Kier molecular flexibility index (Phi) is 3.46. The Morgan fingerprint density at radius 1 is 1.62 bits per heavy atom. The van der Waals surface area contributed by atoms with Crippen LogP contribution in [-0.2, 0) is 0 Å². The molecule has 0 aromatic carbocycles. The van der Waals surface area contributed by atoms with E-state index in [0.29, 0.717) is 5.88 Å². The number of methoxy groups -OCH3 is 1. The van der Waals surface area contributed by atoms with E-state index < -0.39 is 0 Å². The van der Waals surface area contributed by atoms with Crippen molar-refractivity contribution < 1.29 is 9.84 Å². The number of aryl methyl sites for hydroxylation is 1. The van der Waals surface area contributed by atoms with Crippen molar-refractivity contribution in [1.29, 1.82) is 0 Å². The molecule has 13 heavy (non-hydrogen) atoms. The summed E-state index contributed by atoms with van der Waals surface area (Å²) in [5.74, 6) is 0.610. The van der Waals surface area contributed by atoms with Crippen LogP contribution in [0, 0.1) is 6.92 Å². The van der Waals surface area contributed by atoms with Crippen molar-refractivity contribution in [2.45, 2.75) is 6.92 Å². The molecule has 0 radical (unpaired) electrons. The molecule has 0 amide bonds. The molecule has 0 spiro atoms. The highest BCUT2D eigenvalue weighted by molar-refractivity contribution is 5.53. The van der Waals surface area contributed by atoms with E-state index in [9.17, 15) is 0 Å². The quantitative estimate of drug-likeness (QED) is 0.762. The van der Waals surface area contributed by atoms with Crippen LogP contribution in [0.25, 0.3) is 6.08 Å². The molecule has 0 aliphatic rings. The first-order valence-corrected chi connectivity index (χ1v) is 4.06. The van der Waals surface area contributed by atoms with Gasteiger partial charge in [0.05, 0.1) is 13.7 Å². The van der Waals surface area contributed by atoms with Crippen molar-refractivity contribution in [2.24, 2.45) is 0 Å². The zero-order valence-electron chi connectivity index (χ0n) is 7.82. The molecule has 3 heteroatoms. The summed E-state index contributed by atoms with van der Waals surface area (Å²) in [5, 5.41) is 8.59. The zero-order valence-corrected chi connectivity index (χ0v) is 7.82. The van der Waals surface area contributed by atoms with E-state index >= 15 is 0 Å². The molecule has 1 aromatic heterocycles. The molecule has 1 aromatic rings. The Morgan fingerprint density at radius 3 is 2.92 bits per heavy atom. The maximum Gasteiger partial charge on any atom is 0.213 e. The maximum atomic E-state index is 8.59. The van der Waals surface area contributed by atoms with Crippen molar-refractivity contribution in [3.8, 4) is 5.88 Å². The van der Waals surface area contributed by atoms with Gasteiger partial charge in [-0.1, -0.05) is 12.2 Å². The summed E-state index contributed by atoms with van der Waals surface area (Å²) >= 11 is 0. The molecule has 1 N–H and O–H groups in total. The van der Waals surface area contributed by atoms with Gasteiger partial charge in [-0.2, -0.15) is 0 Å². The number of ether oxygens (including phenoxy) is 1. The minimum Gasteiger partial charge on any atom is -0.481 e. The minimum atomic E-state index is 0.0471. The Balaban J connectivity index is 2.91. The van der Waals surface area contributed by atoms with Gasteiger partial charge in [-0.05, 0) is 18.1 Å². The SMILES string of the molecule is COc1cc(C)c(C=CCO)cn1. The molecule has 1 heterocycles. The maximum absolute atomic E-state index is 8.59. The number of hydrogen-bond acceptors (Lipinski definition) is 3. The van der Waals surface area contributed by atoms with Gasteiger partial charge in [0.2, 0.25) is 5.88 Å². The Bertz CT molecular complexity index is 308. The van der Waals surface area contributed by atoms with Crippen LogP contribution in [0.2, 0.25) is 0 Å². The molecule has 0 unspecified atom stereocenters. The average molecular weight is 179 g/mol. The summed E-state index contributed by atoms with van der Waals surface area (Å²) < 4.78 is 4.97. The van der Waals surface area contributed by atoms with Crippen LogP contribution >= 0.6 is 0 Å². The summed E-state index contributed by atoms with van der Waals surface area (Å²) in [6.07, 6.45) is 5.23. The third kappa shape index (κ3) is 2.56. The van der Waals surface area contributed by atoms with Gasteiger partial charge < -0.3 is 9.84 Å². The number of pyridine rings is 1. The number of nitrogens with zero attached hydrogens (tertiary/aromatic N) is 1. The van der Waals surface area contributed by atoms with Crippen LogP contribution in [0.1, 0.15) is 11.1 Å². The predicted molar refractivity (Wildman–Crippen MR) is 51.6 cm³/mol. The third-order valence-corrected chi connectivity index (χ3v) is 1.74. The highest BCUT2D eigenvalue weighted by Gasteiger charge is 1.97. The van der Waals surface area contributed by atoms with Crippen LogP contribution in [0.3, 0.4) is 0 Å². The molecule has 0 saturated carbocycles. The second-order valence-corrected chi connectivity index (χ2v) is 2.67. The summed E-state index contributed by atoms with van der Waals surface area (Å²) in [7, 11) is 1.59. The first-order valence-electron chi connectivity index (χ1n) is 4.06. The lowest BCUT2D eigenvalue weighted by Crippen LogP contribution is -1.90. The van der Waals surface area contributed by atoms with Gasteiger partial charge in [0, 0.05) is 12.3 Å². The molecule has 70 valence electrons. The van der Waals surface area contributed by atoms with E-state index in [0.717, 1.165) is 11.1 Å². The van der Waals surface area contributed by atoms with Gasteiger partial charge >= 0.3 is 0 Å². The summed E-state index contributed by atoms with van der Waals surface area (Å²) in [5.41, 5.74) is 2.08. The molecular weight excluding hydrogens is 166 g/mol. The van der Waals surface area contributed by atoms with E-state index in [4.69, 9.17) is 9.84 Å². The molecular formula is C10H13NO2. The van der Waals surface area contributed by atoms with E-state index in [2.05, 4.69) is 4.98 Å². The monoisotopic (exact) mass is 179 g/mol. The van der Waals surface area contributed by atoms with Crippen LogP contribution in [-0.4, -0.2) is 23.8 Å². The standard InChI is InChI=1S/C10H13NO2/c1-8-6-10(13-2)11-7-9(8)4-3-5-12/h3-4,6-7,12H,5H2,1-2H3. The Labute approximate surface area is 77.7 Å². The highest BCUT2D eigenvalue weighted by Crippen LogP contribution is 2.14. The van der Waals surface area contributed by atoms with E-state index in [1.165, 1.54) is 0 Å². The number of hydrogen-bond donors (Lipinski definition) is 1. The normalized spacial score (nSPS) is 10.7. The van der Waals surface area contributed by atoms with Gasteiger partial charge in [0.15, 0.2) is 0 Å². The van der Waals surface area contributed by atoms with Gasteiger partial charge in [-0.15, -0.1) is 0 Å². The fourth-order valence-electron chi connectivity index (χ4n) is 1.01. The summed E-state index contributed by atoms with van der Waals surface area (Å²) in [4.78, 5) is 4.06. The lowest BCUT2D eigenvalue weighted by atomic mass is 10.1. The molecule has 0 saturated heterocycles. The molecule has 0 fully saturated rings. The molecule has 1 rings (SSSR count). The molecule has 0 aliphatic heterocycles. The summed E-state index contributed by atoms with van der Waals surface area (Å²) in [6.45, 7) is 2.02. The number of rotatable bonds is 3. The molecule has 0 aliphatic carbocycles. The van der Waals surface area contributed by atoms with Crippen molar-refractivity contribution in [1.82, 2.24) is 4.98 Å². The highest BCUT2D eigenvalue weighted by atomic mass is 16.5. The lowest BCUT2D eigenvalue weighted by molar-refractivity contribution is 0.343. The topological polar surface area (TPSA) is 42.4 Å². The van der Waals surface area contributed by atoms with Crippen LogP contribution in [0.15, 0.2) is 18.3 Å². The minimum absolute atomic E-state index is 0.0471. The Hall–Kier alpha value is -1.35. The number of aliphatic hydroxyl groups is 1. The van der Waals surface area contributed by atoms with Gasteiger partial charge in [-0.3, -0.25) is 0 Å². The fraction of sp³-hybridized carbons (Fsp3) is 0.300. The first-order chi connectivity index (χ1) is 6.27. The van der Waals surface area contributed by atoms with Crippen LogP contribution in [0.4, 0.5) is 0 Å². The van der Waals surface area contributed by atoms with Gasteiger partial charge in [0.25, 0.3) is 0 Å². The second-order valence-electron chi connectivity index (χ2n) is 2.67. The molecule has 3 nitrogen and oxygen atoms in total. The van der Waals surface area contributed by atoms with Crippen molar-refractivity contribution >= 4 is 6.08 Å². The lowest BCUT2D eigenvalue weighted by Gasteiger charge is -2.02. The van der Waals surface area contributed by atoms with Crippen LogP contribution < -0.4 is 4.74 Å².